The lowest BCUT2D eigenvalue weighted by Gasteiger charge is -2.02. The maximum Gasteiger partial charge on any atom is 0.240 e. The molecule has 3 aromatic rings. The van der Waals surface area contributed by atoms with E-state index in [-0.39, 0.29) is 0 Å². The largest absolute Gasteiger partial charge is 0.338 e. The fraction of sp³-hybridized carbons (Fsp3) is 0.267. The summed E-state index contributed by atoms with van der Waals surface area (Å²) in [4.78, 5) is 8.38. The zero-order valence-corrected chi connectivity index (χ0v) is 11.6. The van der Waals surface area contributed by atoms with E-state index in [2.05, 4.69) is 32.6 Å². The van der Waals surface area contributed by atoms with Crippen LogP contribution in [0.4, 0.5) is 0 Å². The summed E-state index contributed by atoms with van der Waals surface area (Å²) >= 11 is 0. The van der Waals surface area contributed by atoms with Gasteiger partial charge in [0.2, 0.25) is 5.89 Å². The normalized spacial score (nSPS) is 10.9. The number of nitrogens with zero attached hydrogens (tertiary/aromatic N) is 4. The van der Waals surface area contributed by atoms with E-state index in [0.717, 1.165) is 13.1 Å². The minimum atomic E-state index is 0.580. The van der Waals surface area contributed by atoms with Gasteiger partial charge in [0, 0.05) is 31.9 Å². The molecule has 0 fully saturated rings. The lowest BCUT2D eigenvalue weighted by molar-refractivity contribution is 0.362. The highest BCUT2D eigenvalue weighted by Gasteiger charge is 2.06. The summed E-state index contributed by atoms with van der Waals surface area (Å²) in [7, 11) is 0. The van der Waals surface area contributed by atoms with Crippen molar-refractivity contribution in [3.63, 3.8) is 0 Å². The molecule has 0 aliphatic carbocycles. The number of aromatic nitrogens is 4. The lowest BCUT2D eigenvalue weighted by atomic mass is 10.1. The van der Waals surface area contributed by atoms with Gasteiger partial charge in [-0.15, -0.1) is 0 Å². The fourth-order valence-corrected chi connectivity index (χ4v) is 2.03. The molecule has 0 spiro atoms. The van der Waals surface area contributed by atoms with Gasteiger partial charge in [0.25, 0.3) is 0 Å². The van der Waals surface area contributed by atoms with Crippen LogP contribution in [-0.2, 0) is 19.5 Å². The fourth-order valence-electron chi connectivity index (χ4n) is 2.03. The molecule has 1 N–H and O–H groups in total. The molecule has 0 saturated carbocycles. The molecule has 2 aromatic heterocycles. The number of nitrogens with one attached hydrogen (secondary N) is 1. The first kappa shape index (κ1) is 13.5. The summed E-state index contributed by atoms with van der Waals surface area (Å²) in [6, 6.07) is 10.1. The molecule has 0 unspecified atom stereocenters. The standard InChI is InChI=1S/C15H17N5O/c1-2-4-13(5-3-1)10-14-18-15(21-19-14)11-16-6-8-20-9-7-17-12-20/h1-5,7,9,12,16H,6,8,10-11H2. The SMILES string of the molecule is c1ccc(Cc2noc(CNCCn3ccnc3)n2)cc1. The Balaban J connectivity index is 1.44. The molecule has 0 atom stereocenters. The Kier molecular flexibility index (Phi) is 4.38. The quantitative estimate of drug-likeness (QED) is 0.668. The van der Waals surface area contributed by atoms with Crippen molar-refractivity contribution in [3.8, 4) is 0 Å². The molecule has 0 aliphatic heterocycles. The first-order chi connectivity index (χ1) is 10.4. The maximum absolute atomic E-state index is 5.23. The highest BCUT2D eigenvalue weighted by Crippen LogP contribution is 2.06. The second-order valence-electron chi connectivity index (χ2n) is 4.74. The highest BCUT2D eigenvalue weighted by atomic mass is 16.5. The Morgan fingerprint density at radius 3 is 2.90 bits per heavy atom. The van der Waals surface area contributed by atoms with Crippen LogP contribution < -0.4 is 5.32 Å². The molecule has 21 heavy (non-hydrogen) atoms. The number of imidazole rings is 1. The summed E-state index contributed by atoms with van der Waals surface area (Å²) in [5.74, 6) is 1.33. The van der Waals surface area contributed by atoms with Gasteiger partial charge in [-0.1, -0.05) is 35.5 Å². The van der Waals surface area contributed by atoms with Gasteiger partial charge >= 0.3 is 0 Å². The van der Waals surface area contributed by atoms with Crippen molar-refractivity contribution in [2.24, 2.45) is 0 Å². The molecule has 6 heteroatoms. The van der Waals surface area contributed by atoms with Crippen molar-refractivity contribution in [1.82, 2.24) is 25.0 Å². The predicted octanol–water partition coefficient (Wildman–Crippen LogP) is 1.65. The van der Waals surface area contributed by atoms with Crippen molar-refractivity contribution in [2.75, 3.05) is 6.54 Å². The average Bonchev–Trinajstić information content (AvgIpc) is 3.17. The van der Waals surface area contributed by atoms with Crippen LogP contribution in [0.15, 0.2) is 53.6 Å². The van der Waals surface area contributed by atoms with Crippen LogP contribution in [0, 0.1) is 0 Å². The summed E-state index contributed by atoms with van der Waals surface area (Å²) in [5.41, 5.74) is 1.18. The van der Waals surface area contributed by atoms with Gasteiger partial charge in [0.15, 0.2) is 5.82 Å². The van der Waals surface area contributed by atoms with Crippen LogP contribution in [-0.4, -0.2) is 26.2 Å². The first-order valence-corrected chi connectivity index (χ1v) is 6.92. The van der Waals surface area contributed by atoms with Crippen molar-refractivity contribution < 1.29 is 4.52 Å². The van der Waals surface area contributed by atoms with Crippen LogP contribution in [0.2, 0.25) is 0 Å². The topological polar surface area (TPSA) is 68.8 Å². The second-order valence-corrected chi connectivity index (χ2v) is 4.74. The molecule has 0 aliphatic rings. The Hall–Kier alpha value is -2.47. The number of benzene rings is 1. The highest BCUT2D eigenvalue weighted by molar-refractivity contribution is 5.18. The molecular formula is C15H17N5O. The minimum absolute atomic E-state index is 0.580. The summed E-state index contributed by atoms with van der Waals surface area (Å²) < 4.78 is 7.25. The zero-order valence-electron chi connectivity index (χ0n) is 11.6. The molecule has 3 rings (SSSR count). The van der Waals surface area contributed by atoms with Gasteiger partial charge in [-0.05, 0) is 5.56 Å². The number of hydrogen-bond acceptors (Lipinski definition) is 5. The molecule has 108 valence electrons. The molecular weight excluding hydrogens is 266 g/mol. The second kappa shape index (κ2) is 6.81. The molecule has 1 aromatic carbocycles. The van der Waals surface area contributed by atoms with E-state index >= 15 is 0 Å². The van der Waals surface area contributed by atoms with Crippen molar-refractivity contribution in [3.05, 3.63) is 66.3 Å². The minimum Gasteiger partial charge on any atom is -0.338 e. The van der Waals surface area contributed by atoms with Gasteiger partial charge in [-0.3, -0.25) is 0 Å². The third-order valence-corrected chi connectivity index (χ3v) is 3.10. The Morgan fingerprint density at radius 1 is 1.19 bits per heavy atom. The van der Waals surface area contributed by atoms with Gasteiger partial charge < -0.3 is 14.4 Å². The van der Waals surface area contributed by atoms with E-state index in [1.54, 1.807) is 12.5 Å². The van der Waals surface area contributed by atoms with Crippen LogP contribution >= 0.6 is 0 Å². The van der Waals surface area contributed by atoms with E-state index in [9.17, 15) is 0 Å². The van der Waals surface area contributed by atoms with Crippen molar-refractivity contribution >= 4 is 0 Å². The molecule has 0 bridgehead atoms. The third kappa shape index (κ3) is 4.00. The Morgan fingerprint density at radius 2 is 2.10 bits per heavy atom. The van der Waals surface area contributed by atoms with Gasteiger partial charge in [-0.2, -0.15) is 4.98 Å². The van der Waals surface area contributed by atoms with E-state index in [1.165, 1.54) is 5.56 Å². The van der Waals surface area contributed by atoms with E-state index in [1.807, 2.05) is 29.0 Å². The average molecular weight is 283 g/mol. The molecule has 0 amide bonds. The van der Waals surface area contributed by atoms with Gasteiger partial charge in [0.05, 0.1) is 12.9 Å². The Labute approximate surface area is 122 Å². The Bertz CT molecular complexity index is 648. The van der Waals surface area contributed by atoms with E-state index < -0.39 is 0 Å². The van der Waals surface area contributed by atoms with Crippen LogP contribution in [0.3, 0.4) is 0 Å². The van der Waals surface area contributed by atoms with Crippen LogP contribution in [0.5, 0.6) is 0 Å². The summed E-state index contributed by atoms with van der Waals surface area (Å²) in [6.45, 7) is 2.27. The summed E-state index contributed by atoms with van der Waals surface area (Å²) in [5, 5.41) is 7.27. The van der Waals surface area contributed by atoms with Gasteiger partial charge in [-0.25, -0.2) is 4.98 Å². The smallest absolute Gasteiger partial charge is 0.240 e. The summed E-state index contributed by atoms with van der Waals surface area (Å²) in [6.07, 6.45) is 6.20. The zero-order chi connectivity index (χ0) is 14.3. The van der Waals surface area contributed by atoms with Crippen molar-refractivity contribution in [1.29, 1.82) is 0 Å². The molecule has 6 nitrogen and oxygen atoms in total. The molecule has 0 radical (unpaired) electrons. The molecule has 0 saturated heterocycles. The van der Waals surface area contributed by atoms with E-state index in [4.69, 9.17) is 4.52 Å². The number of hydrogen-bond donors (Lipinski definition) is 1. The lowest BCUT2D eigenvalue weighted by Crippen LogP contribution is -2.19. The third-order valence-electron chi connectivity index (χ3n) is 3.10. The number of rotatable bonds is 7. The van der Waals surface area contributed by atoms with Crippen LogP contribution in [0.1, 0.15) is 17.3 Å². The maximum atomic E-state index is 5.23. The monoisotopic (exact) mass is 283 g/mol. The first-order valence-electron chi connectivity index (χ1n) is 6.92. The molecule has 2 heterocycles. The predicted molar refractivity (Wildman–Crippen MR) is 77.5 cm³/mol. The van der Waals surface area contributed by atoms with Crippen LogP contribution in [0.25, 0.3) is 0 Å². The van der Waals surface area contributed by atoms with Gasteiger partial charge in [0.1, 0.15) is 0 Å². The van der Waals surface area contributed by atoms with Crippen molar-refractivity contribution in [2.45, 2.75) is 19.5 Å². The van der Waals surface area contributed by atoms with E-state index in [0.29, 0.717) is 24.7 Å².